The Labute approximate surface area is 104 Å². The second-order valence-corrected chi connectivity index (χ2v) is 4.98. The summed E-state index contributed by atoms with van der Waals surface area (Å²) in [4.78, 5) is 26.7. The van der Waals surface area contributed by atoms with Crippen LogP contribution in [0.15, 0.2) is 18.3 Å². The molecule has 0 radical (unpaired) electrons. The molecule has 2 rings (SSSR count). The van der Waals surface area contributed by atoms with Crippen molar-refractivity contribution in [1.29, 1.82) is 0 Å². The van der Waals surface area contributed by atoms with Crippen LogP contribution < -0.4 is 5.32 Å². The molecule has 1 aromatic heterocycles. The molecule has 6 nitrogen and oxygen atoms in total. The van der Waals surface area contributed by atoms with Crippen molar-refractivity contribution in [3.8, 4) is 5.75 Å². The molecule has 1 aliphatic rings. The van der Waals surface area contributed by atoms with Crippen LogP contribution in [0.4, 0.5) is 5.82 Å². The lowest BCUT2D eigenvalue weighted by Crippen LogP contribution is -2.18. The Hall–Kier alpha value is -2.11. The number of carbonyl (C=O) groups is 2. The maximum absolute atomic E-state index is 11.9. The zero-order valence-corrected chi connectivity index (χ0v) is 10.0. The number of carboxylic acids is 1. The van der Waals surface area contributed by atoms with Crippen molar-refractivity contribution in [2.45, 2.75) is 13.8 Å². The number of amides is 1. The van der Waals surface area contributed by atoms with Crippen molar-refractivity contribution in [3.05, 3.63) is 18.3 Å². The molecule has 3 N–H and O–H groups in total. The first-order valence-corrected chi connectivity index (χ1v) is 5.53. The van der Waals surface area contributed by atoms with E-state index in [-0.39, 0.29) is 11.6 Å². The second-order valence-electron chi connectivity index (χ2n) is 4.98. The van der Waals surface area contributed by atoms with Gasteiger partial charge in [-0.05, 0) is 17.5 Å². The molecular weight excluding hydrogens is 236 g/mol. The summed E-state index contributed by atoms with van der Waals surface area (Å²) < 4.78 is 0. The van der Waals surface area contributed by atoms with Gasteiger partial charge < -0.3 is 15.5 Å². The van der Waals surface area contributed by atoms with E-state index in [2.05, 4.69) is 10.3 Å². The van der Waals surface area contributed by atoms with Crippen molar-refractivity contribution < 1.29 is 19.8 Å². The molecule has 0 aromatic carbocycles. The van der Waals surface area contributed by atoms with E-state index in [1.807, 2.05) is 0 Å². The second kappa shape index (κ2) is 3.97. The average Bonchev–Trinajstić information content (AvgIpc) is 2.85. The number of aromatic nitrogens is 1. The van der Waals surface area contributed by atoms with Crippen LogP contribution in [0.3, 0.4) is 0 Å². The molecule has 18 heavy (non-hydrogen) atoms. The Kier molecular flexibility index (Phi) is 2.73. The SMILES string of the molecule is CC1(C)C(C(=O)O)C1C(=O)Nc1ncccc1O. The van der Waals surface area contributed by atoms with Gasteiger partial charge in [0.15, 0.2) is 11.6 Å². The maximum Gasteiger partial charge on any atom is 0.307 e. The Morgan fingerprint density at radius 1 is 1.39 bits per heavy atom. The molecule has 1 aromatic rings. The van der Waals surface area contributed by atoms with Crippen LogP contribution in [-0.4, -0.2) is 27.1 Å². The lowest BCUT2D eigenvalue weighted by molar-refractivity contribution is -0.140. The van der Waals surface area contributed by atoms with E-state index in [1.54, 1.807) is 13.8 Å². The fraction of sp³-hybridized carbons (Fsp3) is 0.417. The number of pyridine rings is 1. The Morgan fingerprint density at radius 3 is 2.56 bits per heavy atom. The molecule has 1 saturated carbocycles. The molecule has 1 aliphatic carbocycles. The predicted octanol–water partition coefficient (Wildman–Crippen LogP) is 1.08. The Morgan fingerprint density at radius 2 is 2.06 bits per heavy atom. The lowest BCUT2D eigenvalue weighted by Gasteiger charge is -2.06. The highest BCUT2D eigenvalue weighted by Gasteiger charge is 2.65. The number of aromatic hydroxyl groups is 1. The number of hydrogen-bond acceptors (Lipinski definition) is 4. The van der Waals surface area contributed by atoms with Crippen molar-refractivity contribution in [2.75, 3.05) is 5.32 Å². The van der Waals surface area contributed by atoms with Gasteiger partial charge in [-0.3, -0.25) is 9.59 Å². The summed E-state index contributed by atoms with van der Waals surface area (Å²) in [6.07, 6.45) is 1.43. The third-order valence-electron chi connectivity index (χ3n) is 3.40. The zero-order chi connectivity index (χ0) is 13.5. The Balaban J connectivity index is 2.11. The first kappa shape index (κ1) is 12.3. The van der Waals surface area contributed by atoms with E-state index >= 15 is 0 Å². The van der Waals surface area contributed by atoms with E-state index in [4.69, 9.17) is 5.11 Å². The van der Waals surface area contributed by atoms with E-state index < -0.39 is 29.1 Å². The fourth-order valence-corrected chi connectivity index (χ4v) is 2.28. The van der Waals surface area contributed by atoms with Gasteiger partial charge in [0.2, 0.25) is 5.91 Å². The minimum absolute atomic E-state index is 0.0503. The first-order chi connectivity index (χ1) is 8.35. The summed E-state index contributed by atoms with van der Waals surface area (Å²) >= 11 is 0. The smallest absolute Gasteiger partial charge is 0.307 e. The summed E-state index contributed by atoms with van der Waals surface area (Å²) in [6, 6.07) is 2.93. The molecule has 1 heterocycles. The van der Waals surface area contributed by atoms with Gasteiger partial charge >= 0.3 is 5.97 Å². The molecular formula is C12H14N2O4. The topological polar surface area (TPSA) is 99.5 Å². The molecule has 96 valence electrons. The zero-order valence-electron chi connectivity index (χ0n) is 10.0. The van der Waals surface area contributed by atoms with E-state index in [9.17, 15) is 14.7 Å². The summed E-state index contributed by atoms with van der Waals surface area (Å²) in [5.41, 5.74) is -0.569. The number of carboxylic acid groups (broad SMARTS) is 1. The van der Waals surface area contributed by atoms with Gasteiger partial charge in [-0.25, -0.2) is 4.98 Å². The molecule has 6 heteroatoms. The van der Waals surface area contributed by atoms with Crippen LogP contribution in [0.5, 0.6) is 5.75 Å². The number of nitrogens with one attached hydrogen (secondary N) is 1. The van der Waals surface area contributed by atoms with Gasteiger partial charge in [0, 0.05) is 6.20 Å². The van der Waals surface area contributed by atoms with Gasteiger partial charge in [-0.15, -0.1) is 0 Å². The number of nitrogens with zero attached hydrogens (tertiary/aromatic N) is 1. The van der Waals surface area contributed by atoms with E-state index in [0.717, 1.165) is 0 Å². The van der Waals surface area contributed by atoms with Crippen molar-refractivity contribution in [1.82, 2.24) is 4.98 Å². The highest BCUT2D eigenvalue weighted by atomic mass is 16.4. The molecule has 0 aliphatic heterocycles. The lowest BCUT2D eigenvalue weighted by atomic mass is 10.1. The van der Waals surface area contributed by atoms with Gasteiger partial charge in [0.05, 0.1) is 11.8 Å². The number of aliphatic carboxylic acids is 1. The number of hydrogen-bond donors (Lipinski definition) is 3. The van der Waals surface area contributed by atoms with Crippen LogP contribution in [0, 0.1) is 17.3 Å². The summed E-state index contributed by atoms with van der Waals surface area (Å²) in [7, 11) is 0. The molecule has 2 unspecified atom stereocenters. The van der Waals surface area contributed by atoms with Crippen LogP contribution in [0.25, 0.3) is 0 Å². The van der Waals surface area contributed by atoms with Crippen molar-refractivity contribution >= 4 is 17.7 Å². The molecule has 1 fully saturated rings. The third kappa shape index (κ3) is 1.90. The number of rotatable bonds is 3. The standard InChI is InChI=1S/C12H14N2O4/c1-12(2)7(8(12)11(17)18)10(16)14-9-6(15)4-3-5-13-9/h3-5,7-8,15H,1-2H3,(H,17,18)(H,13,14,16). The van der Waals surface area contributed by atoms with Crippen LogP contribution in [0.1, 0.15) is 13.8 Å². The highest BCUT2D eigenvalue weighted by Crippen LogP contribution is 2.58. The monoisotopic (exact) mass is 250 g/mol. The van der Waals surface area contributed by atoms with Crippen LogP contribution in [-0.2, 0) is 9.59 Å². The maximum atomic E-state index is 11.9. The fourth-order valence-electron chi connectivity index (χ4n) is 2.28. The third-order valence-corrected chi connectivity index (χ3v) is 3.40. The largest absolute Gasteiger partial charge is 0.504 e. The molecule has 2 atom stereocenters. The average molecular weight is 250 g/mol. The summed E-state index contributed by atoms with van der Waals surface area (Å²) in [5, 5.41) is 20.9. The molecule has 0 saturated heterocycles. The quantitative estimate of drug-likeness (QED) is 0.745. The van der Waals surface area contributed by atoms with Crippen LogP contribution in [0.2, 0.25) is 0 Å². The minimum Gasteiger partial charge on any atom is -0.504 e. The molecule has 0 spiro atoms. The highest BCUT2D eigenvalue weighted by molar-refractivity contribution is 5.99. The minimum atomic E-state index is -0.981. The summed E-state index contributed by atoms with van der Waals surface area (Å²) in [6.45, 7) is 3.46. The van der Waals surface area contributed by atoms with E-state index in [1.165, 1.54) is 18.3 Å². The molecule has 0 bridgehead atoms. The number of carbonyl (C=O) groups excluding carboxylic acids is 1. The Bertz CT molecular complexity index is 513. The molecule has 1 amide bonds. The van der Waals surface area contributed by atoms with Crippen LogP contribution >= 0.6 is 0 Å². The summed E-state index contributed by atoms with van der Waals surface area (Å²) in [5.74, 6) is -2.79. The normalized spacial score (nSPS) is 24.3. The van der Waals surface area contributed by atoms with Gasteiger partial charge in [0.1, 0.15) is 0 Å². The van der Waals surface area contributed by atoms with Gasteiger partial charge in [-0.2, -0.15) is 0 Å². The van der Waals surface area contributed by atoms with Gasteiger partial charge in [-0.1, -0.05) is 13.8 Å². The predicted molar refractivity (Wildman–Crippen MR) is 62.9 cm³/mol. The van der Waals surface area contributed by atoms with E-state index in [0.29, 0.717) is 0 Å². The first-order valence-electron chi connectivity index (χ1n) is 5.53. The van der Waals surface area contributed by atoms with Crippen molar-refractivity contribution in [2.24, 2.45) is 17.3 Å². The van der Waals surface area contributed by atoms with Gasteiger partial charge in [0.25, 0.3) is 0 Å². The number of anilines is 1. The van der Waals surface area contributed by atoms with Crippen molar-refractivity contribution in [3.63, 3.8) is 0 Å².